The highest BCUT2D eigenvalue weighted by Gasteiger charge is 2.23. The summed E-state index contributed by atoms with van der Waals surface area (Å²) in [6.07, 6.45) is 0. The average Bonchev–Trinajstić information content (AvgIpc) is 4.02. The summed E-state index contributed by atoms with van der Waals surface area (Å²) in [4.78, 5) is 4.89. The Bertz CT molecular complexity index is 4690. The van der Waals surface area contributed by atoms with E-state index < -0.39 is 0 Å². The van der Waals surface area contributed by atoms with Crippen molar-refractivity contribution in [1.29, 1.82) is 0 Å². The molecule has 3 heteroatoms. The number of nitrogens with zero attached hydrogens (tertiary/aromatic N) is 3. The lowest BCUT2D eigenvalue weighted by atomic mass is 9.92. The lowest BCUT2D eigenvalue weighted by Crippen LogP contribution is -2.14. The Morgan fingerprint density at radius 1 is 0.198 bits per heavy atom. The van der Waals surface area contributed by atoms with E-state index in [2.05, 4.69) is 336 Å². The number of para-hydroxylation sites is 2. The van der Waals surface area contributed by atoms with Crippen molar-refractivity contribution in [1.82, 2.24) is 4.57 Å². The van der Waals surface area contributed by atoms with Gasteiger partial charge in [-0.15, -0.1) is 0 Å². The molecular weight excluding hydrogens is 979 g/mol. The van der Waals surface area contributed by atoms with Crippen LogP contribution in [0.4, 0.5) is 34.1 Å². The average molecular weight is 1030 g/mol. The Kier molecular flexibility index (Phi) is 11.9. The van der Waals surface area contributed by atoms with Crippen LogP contribution >= 0.6 is 0 Å². The number of benzene rings is 14. The van der Waals surface area contributed by atoms with Crippen LogP contribution in [0.15, 0.2) is 322 Å². The summed E-state index contributed by atoms with van der Waals surface area (Å²) in [6.45, 7) is 0. The van der Waals surface area contributed by atoms with Crippen LogP contribution in [0, 0.1) is 0 Å². The molecule has 0 bridgehead atoms. The largest absolute Gasteiger partial charge is 0.310 e. The van der Waals surface area contributed by atoms with Crippen molar-refractivity contribution in [3.63, 3.8) is 0 Å². The van der Waals surface area contributed by atoms with E-state index in [1.165, 1.54) is 65.3 Å². The SMILES string of the molecule is c1ccc(-c2ccc(N(c3ccc(-c4ccccc4)cc3)c3cc(-c4cc5ccccc5c5ccccc45)cc(N(c4ccc(-c5cccc6ccccc56)cc4)c4ccc5c6ccccc6n(-c6ccccc6)c5c4)c3)cc2)cc1. The minimum absolute atomic E-state index is 1.02. The zero-order chi connectivity index (χ0) is 53.6. The van der Waals surface area contributed by atoms with Crippen molar-refractivity contribution in [2.24, 2.45) is 0 Å². The second-order valence-electron chi connectivity index (χ2n) is 20.9. The number of anilines is 6. The number of hydrogen-bond acceptors (Lipinski definition) is 2. The molecule has 0 saturated heterocycles. The third-order valence-corrected chi connectivity index (χ3v) is 16.1. The van der Waals surface area contributed by atoms with Crippen LogP contribution in [0.1, 0.15) is 0 Å². The molecule has 0 aliphatic rings. The van der Waals surface area contributed by atoms with E-state index in [0.717, 1.165) is 73.1 Å². The predicted molar refractivity (Wildman–Crippen MR) is 344 cm³/mol. The molecule has 0 spiro atoms. The standard InChI is InChI=1S/C78H53N3/c1-4-19-54(20-5-1)56-35-41-63(42-36-56)79(64-43-37-57(38-44-64)55-21-6-2-7-22-55)67-49-61(76-51-60-24-11-13-29-71(60)72-30-14-15-31-73(72)76)50-68(52-67)80(65-45-39-59(40-46-65)70-33-18-25-58-23-10-12-28-69(58)70)66-47-48-75-74-32-16-17-34-77(74)81(78(75)53-66)62-26-8-3-9-27-62/h1-53H. The van der Waals surface area contributed by atoms with Gasteiger partial charge < -0.3 is 14.4 Å². The van der Waals surface area contributed by atoms with Crippen LogP contribution < -0.4 is 9.80 Å². The van der Waals surface area contributed by atoms with Gasteiger partial charge in [0.05, 0.1) is 11.0 Å². The lowest BCUT2D eigenvalue weighted by molar-refractivity contribution is 1.18. The summed E-state index contributed by atoms with van der Waals surface area (Å²) in [5.74, 6) is 0. The Balaban J connectivity index is 1.00. The monoisotopic (exact) mass is 1030 g/mol. The molecule has 1 aromatic heterocycles. The van der Waals surface area contributed by atoms with Gasteiger partial charge in [0.15, 0.2) is 0 Å². The van der Waals surface area contributed by atoms with E-state index >= 15 is 0 Å². The Morgan fingerprint density at radius 3 is 1.27 bits per heavy atom. The minimum Gasteiger partial charge on any atom is -0.310 e. The minimum atomic E-state index is 1.02. The molecule has 0 N–H and O–H groups in total. The van der Waals surface area contributed by atoms with Crippen LogP contribution in [0.25, 0.3) is 104 Å². The first-order valence-electron chi connectivity index (χ1n) is 27.8. The van der Waals surface area contributed by atoms with E-state index in [1.807, 2.05) is 0 Å². The molecule has 1 heterocycles. The van der Waals surface area contributed by atoms with Gasteiger partial charge in [0.2, 0.25) is 0 Å². The second kappa shape index (κ2) is 20.2. The normalized spacial score (nSPS) is 11.5. The van der Waals surface area contributed by atoms with E-state index in [9.17, 15) is 0 Å². The maximum absolute atomic E-state index is 2.46. The van der Waals surface area contributed by atoms with E-state index in [1.54, 1.807) is 0 Å². The van der Waals surface area contributed by atoms with Gasteiger partial charge in [-0.1, -0.05) is 231 Å². The maximum Gasteiger partial charge on any atom is 0.0561 e. The number of hydrogen-bond donors (Lipinski definition) is 0. The van der Waals surface area contributed by atoms with Crippen LogP contribution in [-0.4, -0.2) is 4.57 Å². The second-order valence-corrected chi connectivity index (χ2v) is 20.9. The number of rotatable bonds is 11. The van der Waals surface area contributed by atoms with E-state index in [-0.39, 0.29) is 0 Å². The first-order valence-corrected chi connectivity index (χ1v) is 27.8. The molecule has 15 rings (SSSR count). The fraction of sp³-hybridized carbons (Fsp3) is 0. The summed E-state index contributed by atoms with van der Waals surface area (Å²) in [6, 6.07) is 118. The first kappa shape index (κ1) is 47.5. The quantitative estimate of drug-likeness (QED) is 0.120. The summed E-state index contributed by atoms with van der Waals surface area (Å²) in [7, 11) is 0. The van der Waals surface area contributed by atoms with Crippen molar-refractivity contribution in [2.75, 3.05) is 9.80 Å². The van der Waals surface area contributed by atoms with Crippen LogP contribution in [0.5, 0.6) is 0 Å². The fourth-order valence-corrected chi connectivity index (χ4v) is 12.3. The Morgan fingerprint density at radius 2 is 0.642 bits per heavy atom. The van der Waals surface area contributed by atoms with Gasteiger partial charge in [0.25, 0.3) is 0 Å². The van der Waals surface area contributed by atoms with Crippen LogP contribution in [0.2, 0.25) is 0 Å². The summed E-state index contributed by atoms with van der Waals surface area (Å²) in [5, 5.41) is 9.73. The van der Waals surface area contributed by atoms with E-state index in [4.69, 9.17) is 0 Å². The molecule has 0 unspecified atom stereocenters. The fourth-order valence-electron chi connectivity index (χ4n) is 12.3. The van der Waals surface area contributed by atoms with Crippen molar-refractivity contribution in [2.45, 2.75) is 0 Å². The zero-order valence-corrected chi connectivity index (χ0v) is 44.4. The van der Waals surface area contributed by atoms with Crippen molar-refractivity contribution in [3.8, 4) is 50.2 Å². The Labute approximate surface area is 471 Å². The smallest absolute Gasteiger partial charge is 0.0561 e. The van der Waals surface area contributed by atoms with Gasteiger partial charge >= 0.3 is 0 Å². The lowest BCUT2D eigenvalue weighted by Gasteiger charge is -2.31. The maximum atomic E-state index is 2.46. The van der Waals surface area contributed by atoms with Crippen LogP contribution in [-0.2, 0) is 0 Å². The first-order chi connectivity index (χ1) is 40.2. The van der Waals surface area contributed by atoms with Crippen molar-refractivity contribution >= 4 is 88.2 Å². The highest BCUT2D eigenvalue weighted by Crippen LogP contribution is 2.47. The third-order valence-electron chi connectivity index (χ3n) is 16.1. The molecular formula is C78H53N3. The summed E-state index contributed by atoms with van der Waals surface area (Å²) in [5.41, 5.74) is 19.0. The molecule has 0 aliphatic carbocycles. The van der Waals surface area contributed by atoms with Gasteiger partial charge in [0, 0.05) is 50.6 Å². The number of aromatic nitrogens is 1. The molecule has 0 atom stereocenters. The van der Waals surface area contributed by atoms with Gasteiger partial charge in [-0.05, 0) is 168 Å². The molecule has 14 aromatic carbocycles. The molecule has 3 nitrogen and oxygen atoms in total. The molecule has 15 aromatic rings. The third kappa shape index (κ3) is 8.66. The van der Waals surface area contributed by atoms with Gasteiger partial charge in [-0.25, -0.2) is 0 Å². The van der Waals surface area contributed by atoms with Gasteiger partial charge in [-0.2, -0.15) is 0 Å². The van der Waals surface area contributed by atoms with Crippen LogP contribution in [0.3, 0.4) is 0 Å². The molecule has 0 fully saturated rings. The summed E-state index contributed by atoms with van der Waals surface area (Å²) >= 11 is 0. The molecule has 0 aliphatic heterocycles. The van der Waals surface area contributed by atoms with Gasteiger partial charge in [0.1, 0.15) is 0 Å². The predicted octanol–water partition coefficient (Wildman–Crippen LogP) is 21.9. The molecule has 81 heavy (non-hydrogen) atoms. The zero-order valence-electron chi connectivity index (χ0n) is 44.4. The number of fused-ring (bicyclic) bond motifs is 7. The molecule has 0 saturated carbocycles. The molecule has 0 amide bonds. The topological polar surface area (TPSA) is 11.4 Å². The van der Waals surface area contributed by atoms with Gasteiger partial charge in [-0.3, -0.25) is 0 Å². The molecule has 380 valence electrons. The molecule has 0 radical (unpaired) electrons. The highest BCUT2D eigenvalue weighted by molar-refractivity contribution is 6.15. The van der Waals surface area contributed by atoms with Crippen molar-refractivity contribution < 1.29 is 0 Å². The highest BCUT2D eigenvalue weighted by atomic mass is 15.2. The van der Waals surface area contributed by atoms with Crippen molar-refractivity contribution in [3.05, 3.63) is 322 Å². The Hall–Kier alpha value is -10.7. The summed E-state index contributed by atoms with van der Waals surface area (Å²) < 4.78 is 2.42. The van der Waals surface area contributed by atoms with E-state index in [0.29, 0.717) is 0 Å².